The van der Waals surface area contributed by atoms with E-state index in [1.165, 1.54) is 18.2 Å². The van der Waals surface area contributed by atoms with Crippen LogP contribution in [0.15, 0.2) is 24.3 Å². The minimum atomic E-state index is -1.01. The van der Waals surface area contributed by atoms with Gasteiger partial charge in [0.25, 0.3) is 0 Å². The molecule has 1 fully saturated rings. The van der Waals surface area contributed by atoms with E-state index in [2.05, 4.69) is 5.32 Å². The van der Waals surface area contributed by atoms with E-state index in [1.54, 1.807) is 6.07 Å². The summed E-state index contributed by atoms with van der Waals surface area (Å²) < 4.78 is 12.9. The van der Waals surface area contributed by atoms with Gasteiger partial charge in [0.15, 0.2) is 0 Å². The molecule has 1 atom stereocenters. The molecule has 4 nitrogen and oxygen atoms in total. The minimum Gasteiger partial charge on any atom is -0.480 e. The number of carbonyl (C=O) groups excluding carboxylic acids is 1. The summed E-state index contributed by atoms with van der Waals surface area (Å²) in [5.41, 5.74) is 0.535. The van der Waals surface area contributed by atoms with Crippen molar-refractivity contribution >= 4 is 11.9 Å². The van der Waals surface area contributed by atoms with E-state index in [-0.39, 0.29) is 18.2 Å². The first-order valence-electron chi connectivity index (χ1n) is 5.83. The Balaban J connectivity index is 1.93. The summed E-state index contributed by atoms with van der Waals surface area (Å²) in [5, 5.41) is 11.5. The van der Waals surface area contributed by atoms with Crippen LogP contribution in [0.1, 0.15) is 18.4 Å². The Morgan fingerprint density at radius 1 is 1.44 bits per heavy atom. The van der Waals surface area contributed by atoms with Gasteiger partial charge in [0.2, 0.25) is 5.91 Å². The van der Waals surface area contributed by atoms with Crippen molar-refractivity contribution in [2.75, 3.05) is 0 Å². The number of amides is 1. The summed E-state index contributed by atoms with van der Waals surface area (Å²) >= 11 is 0. The van der Waals surface area contributed by atoms with Crippen molar-refractivity contribution < 1.29 is 19.1 Å². The molecule has 1 amide bonds. The Labute approximate surface area is 104 Å². The van der Waals surface area contributed by atoms with Gasteiger partial charge in [-0.2, -0.15) is 0 Å². The van der Waals surface area contributed by atoms with E-state index >= 15 is 0 Å². The number of nitrogens with one attached hydrogen (secondary N) is 1. The Kier molecular flexibility index (Phi) is 3.60. The average Bonchev–Trinajstić information content (AvgIpc) is 3.09. The lowest BCUT2D eigenvalue weighted by Crippen LogP contribution is -2.43. The number of aliphatic carboxylic acids is 1. The molecule has 18 heavy (non-hydrogen) atoms. The molecule has 0 saturated heterocycles. The number of rotatable bonds is 5. The molecule has 0 spiro atoms. The lowest BCUT2D eigenvalue weighted by atomic mass is 10.1. The molecule has 96 valence electrons. The molecule has 0 heterocycles. The number of halogens is 1. The Morgan fingerprint density at radius 3 is 2.72 bits per heavy atom. The van der Waals surface area contributed by atoms with E-state index in [0.29, 0.717) is 5.56 Å². The van der Waals surface area contributed by atoms with Gasteiger partial charge in [-0.05, 0) is 36.5 Å². The van der Waals surface area contributed by atoms with Crippen LogP contribution in [0, 0.1) is 11.7 Å². The molecule has 2 N–H and O–H groups in total. The zero-order valence-corrected chi connectivity index (χ0v) is 9.73. The van der Waals surface area contributed by atoms with E-state index in [0.717, 1.165) is 12.8 Å². The summed E-state index contributed by atoms with van der Waals surface area (Å²) in [7, 11) is 0. The summed E-state index contributed by atoms with van der Waals surface area (Å²) in [6, 6.07) is 4.91. The molecule has 0 bridgehead atoms. The van der Waals surface area contributed by atoms with Crippen molar-refractivity contribution in [3.8, 4) is 0 Å². The second kappa shape index (κ2) is 5.16. The Bertz CT molecular complexity index is 471. The van der Waals surface area contributed by atoms with Gasteiger partial charge in [-0.15, -0.1) is 0 Å². The maximum atomic E-state index is 12.9. The molecule has 1 aromatic carbocycles. The van der Waals surface area contributed by atoms with Crippen LogP contribution in [0.2, 0.25) is 0 Å². The fourth-order valence-electron chi connectivity index (χ4n) is 1.87. The normalized spacial score (nSPS) is 16.1. The molecule has 1 aliphatic carbocycles. The fourth-order valence-corrected chi connectivity index (χ4v) is 1.87. The standard InChI is InChI=1S/C13H14FNO3/c14-10-3-1-2-8(6-10)7-11(16)15-12(13(17)18)9-4-5-9/h1-3,6,9,12H,4-5,7H2,(H,15,16)(H,17,18). The van der Waals surface area contributed by atoms with Crippen LogP contribution >= 0.6 is 0 Å². The monoisotopic (exact) mass is 251 g/mol. The van der Waals surface area contributed by atoms with Gasteiger partial charge in [-0.1, -0.05) is 12.1 Å². The van der Waals surface area contributed by atoms with Crippen molar-refractivity contribution in [2.45, 2.75) is 25.3 Å². The molecular weight excluding hydrogens is 237 g/mol. The number of carboxylic acids is 1. The number of hydrogen-bond donors (Lipinski definition) is 2. The lowest BCUT2D eigenvalue weighted by molar-refractivity contribution is -0.142. The molecule has 1 unspecified atom stereocenters. The van der Waals surface area contributed by atoms with Crippen molar-refractivity contribution in [2.24, 2.45) is 5.92 Å². The van der Waals surface area contributed by atoms with Gasteiger partial charge < -0.3 is 10.4 Å². The van der Waals surface area contributed by atoms with Crippen LogP contribution in [0.4, 0.5) is 4.39 Å². The molecule has 2 rings (SSSR count). The molecule has 5 heteroatoms. The van der Waals surface area contributed by atoms with Gasteiger partial charge >= 0.3 is 5.97 Å². The van der Waals surface area contributed by atoms with Gasteiger partial charge in [0.1, 0.15) is 11.9 Å². The topological polar surface area (TPSA) is 66.4 Å². The molecule has 0 aromatic heterocycles. The number of hydrogen-bond acceptors (Lipinski definition) is 2. The molecule has 1 saturated carbocycles. The third-order valence-electron chi connectivity index (χ3n) is 2.93. The van der Waals surface area contributed by atoms with Crippen molar-refractivity contribution in [3.05, 3.63) is 35.6 Å². The SMILES string of the molecule is O=C(Cc1cccc(F)c1)NC(C(=O)O)C1CC1. The van der Waals surface area contributed by atoms with E-state index in [9.17, 15) is 14.0 Å². The quantitative estimate of drug-likeness (QED) is 0.830. The van der Waals surface area contributed by atoms with E-state index in [1.807, 2.05) is 0 Å². The maximum Gasteiger partial charge on any atom is 0.326 e. The first-order chi connectivity index (χ1) is 8.56. The highest BCUT2D eigenvalue weighted by Crippen LogP contribution is 2.32. The van der Waals surface area contributed by atoms with E-state index in [4.69, 9.17) is 5.11 Å². The van der Waals surface area contributed by atoms with Gasteiger partial charge in [-0.3, -0.25) is 4.79 Å². The molecular formula is C13H14FNO3. The Morgan fingerprint density at radius 2 is 2.17 bits per heavy atom. The second-order valence-corrected chi connectivity index (χ2v) is 4.53. The maximum absolute atomic E-state index is 12.9. The number of benzene rings is 1. The predicted octanol–water partition coefficient (Wildman–Crippen LogP) is 1.35. The van der Waals surface area contributed by atoms with Gasteiger partial charge in [0, 0.05) is 0 Å². The zero-order chi connectivity index (χ0) is 13.1. The summed E-state index contributed by atoms with van der Waals surface area (Å²) in [5.74, 6) is -1.76. The van der Waals surface area contributed by atoms with Crippen molar-refractivity contribution in [1.82, 2.24) is 5.32 Å². The minimum absolute atomic E-state index is 0.00569. The van der Waals surface area contributed by atoms with Crippen LogP contribution in [-0.4, -0.2) is 23.0 Å². The smallest absolute Gasteiger partial charge is 0.326 e. The second-order valence-electron chi connectivity index (χ2n) is 4.53. The fraction of sp³-hybridized carbons (Fsp3) is 0.385. The van der Waals surface area contributed by atoms with Gasteiger partial charge in [0.05, 0.1) is 6.42 Å². The van der Waals surface area contributed by atoms with Crippen LogP contribution in [0.3, 0.4) is 0 Å². The van der Waals surface area contributed by atoms with Crippen molar-refractivity contribution in [3.63, 3.8) is 0 Å². The van der Waals surface area contributed by atoms with Crippen LogP contribution in [-0.2, 0) is 16.0 Å². The number of carboxylic acid groups (broad SMARTS) is 1. The molecule has 0 radical (unpaired) electrons. The van der Waals surface area contributed by atoms with E-state index < -0.39 is 17.8 Å². The summed E-state index contributed by atoms with van der Waals surface area (Å²) in [6.45, 7) is 0. The first-order valence-corrected chi connectivity index (χ1v) is 5.83. The van der Waals surface area contributed by atoms with Crippen LogP contribution < -0.4 is 5.32 Å². The first kappa shape index (κ1) is 12.5. The highest BCUT2D eigenvalue weighted by Gasteiger charge is 2.37. The summed E-state index contributed by atoms with van der Waals surface area (Å²) in [6.07, 6.45) is 1.66. The predicted molar refractivity (Wildman–Crippen MR) is 62.4 cm³/mol. The molecule has 1 aromatic rings. The van der Waals surface area contributed by atoms with Crippen LogP contribution in [0.5, 0.6) is 0 Å². The Hall–Kier alpha value is -1.91. The van der Waals surface area contributed by atoms with Crippen LogP contribution in [0.25, 0.3) is 0 Å². The lowest BCUT2D eigenvalue weighted by Gasteiger charge is -2.13. The van der Waals surface area contributed by atoms with Crippen molar-refractivity contribution in [1.29, 1.82) is 0 Å². The third kappa shape index (κ3) is 3.29. The highest BCUT2D eigenvalue weighted by molar-refractivity contribution is 5.85. The third-order valence-corrected chi connectivity index (χ3v) is 2.93. The van der Waals surface area contributed by atoms with Gasteiger partial charge in [-0.25, -0.2) is 9.18 Å². The average molecular weight is 251 g/mol. The summed E-state index contributed by atoms with van der Waals surface area (Å²) in [4.78, 5) is 22.6. The number of carbonyl (C=O) groups is 2. The zero-order valence-electron chi connectivity index (χ0n) is 9.73. The molecule has 1 aliphatic rings. The highest BCUT2D eigenvalue weighted by atomic mass is 19.1. The molecule has 0 aliphatic heterocycles. The largest absolute Gasteiger partial charge is 0.480 e.